The molecule has 4 heterocycles. The van der Waals surface area contributed by atoms with Crippen molar-refractivity contribution in [1.82, 2.24) is 14.5 Å². The number of aryl methyl sites for hydroxylation is 1. The minimum atomic E-state index is 0.0752. The van der Waals surface area contributed by atoms with E-state index in [4.69, 9.17) is 4.74 Å². The third kappa shape index (κ3) is 3.50. The van der Waals surface area contributed by atoms with Crippen LogP contribution in [0.15, 0.2) is 42.7 Å². The van der Waals surface area contributed by atoms with Crippen LogP contribution in [-0.4, -0.2) is 34.1 Å². The summed E-state index contributed by atoms with van der Waals surface area (Å²) < 4.78 is 9.20. The molecular weight excluding hydrogens is 382 g/mol. The molecule has 0 bridgehead atoms. The first-order valence-electron chi connectivity index (χ1n) is 12.1. The van der Waals surface area contributed by atoms with Crippen LogP contribution in [0, 0.1) is 12.8 Å². The molecule has 1 unspecified atom stereocenters. The Morgan fingerprint density at radius 3 is 2.74 bits per heavy atom. The van der Waals surface area contributed by atoms with Gasteiger partial charge in [-0.2, -0.15) is 0 Å². The second-order valence-electron chi connectivity index (χ2n) is 9.84. The van der Waals surface area contributed by atoms with Gasteiger partial charge in [-0.1, -0.05) is 18.1 Å². The fourth-order valence-electron chi connectivity index (χ4n) is 5.98. The number of hydrogen-bond acceptors (Lipinski definition) is 3. The Balaban J connectivity index is 1.41. The molecule has 6 rings (SSSR count). The molecule has 2 aliphatic heterocycles. The molecule has 0 spiro atoms. The Labute approximate surface area is 185 Å². The molecule has 2 aromatic heterocycles. The molecule has 31 heavy (non-hydrogen) atoms. The maximum atomic E-state index is 6.60. The molecule has 3 aliphatic rings. The summed E-state index contributed by atoms with van der Waals surface area (Å²) in [5.74, 6) is 0.745. The lowest BCUT2D eigenvalue weighted by Gasteiger charge is -2.32. The Bertz CT molecular complexity index is 1070. The van der Waals surface area contributed by atoms with Crippen molar-refractivity contribution in [3.05, 3.63) is 65.1 Å². The normalized spacial score (nSPS) is 22.3. The predicted molar refractivity (Wildman–Crippen MR) is 124 cm³/mol. The van der Waals surface area contributed by atoms with Gasteiger partial charge < -0.3 is 9.30 Å². The van der Waals surface area contributed by atoms with Gasteiger partial charge in [0, 0.05) is 48.0 Å². The molecule has 3 aromatic rings. The molecule has 1 aromatic carbocycles. The zero-order chi connectivity index (χ0) is 20.8. The average molecular weight is 416 g/mol. The molecule has 2 atom stereocenters. The van der Waals surface area contributed by atoms with Crippen LogP contribution < -0.4 is 0 Å². The van der Waals surface area contributed by atoms with Gasteiger partial charge in [0.25, 0.3) is 0 Å². The highest BCUT2D eigenvalue weighted by molar-refractivity contribution is 5.87. The summed E-state index contributed by atoms with van der Waals surface area (Å²) in [7, 11) is 0. The zero-order valence-corrected chi connectivity index (χ0v) is 18.6. The van der Waals surface area contributed by atoms with Crippen LogP contribution in [-0.2, 0) is 17.7 Å². The van der Waals surface area contributed by atoms with Crippen molar-refractivity contribution in [2.24, 2.45) is 5.92 Å². The van der Waals surface area contributed by atoms with Crippen molar-refractivity contribution in [2.75, 3.05) is 19.7 Å². The Morgan fingerprint density at radius 1 is 1.06 bits per heavy atom. The fourth-order valence-corrected chi connectivity index (χ4v) is 5.98. The van der Waals surface area contributed by atoms with Crippen molar-refractivity contribution < 1.29 is 4.74 Å². The minimum Gasteiger partial charge on any atom is -0.371 e. The molecule has 0 amide bonds. The average Bonchev–Trinajstić information content (AvgIpc) is 3.35. The van der Waals surface area contributed by atoms with Crippen LogP contribution >= 0.6 is 0 Å². The smallest absolute Gasteiger partial charge is 0.100 e. The second kappa shape index (κ2) is 8.07. The van der Waals surface area contributed by atoms with E-state index in [9.17, 15) is 0 Å². The van der Waals surface area contributed by atoms with Gasteiger partial charge in [-0.05, 0) is 80.5 Å². The molecule has 4 heteroatoms. The summed E-state index contributed by atoms with van der Waals surface area (Å²) in [5, 5.41) is 1.47. The van der Waals surface area contributed by atoms with Crippen molar-refractivity contribution in [3.8, 4) is 0 Å². The van der Waals surface area contributed by atoms with E-state index in [1.54, 1.807) is 11.3 Å². The Morgan fingerprint density at radius 2 is 1.94 bits per heavy atom. The van der Waals surface area contributed by atoms with E-state index in [0.717, 1.165) is 25.5 Å². The lowest BCUT2D eigenvalue weighted by molar-refractivity contribution is 0.000641. The van der Waals surface area contributed by atoms with Gasteiger partial charge in [0.2, 0.25) is 0 Å². The quantitative estimate of drug-likeness (QED) is 0.525. The number of fused-ring (bicyclic) bond motifs is 5. The van der Waals surface area contributed by atoms with E-state index in [-0.39, 0.29) is 6.10 Å². The maximum Gasteiger partial charge on any atom is 0.100 e. The summed E-state index contributed by atoms with van der Waals surface area (Å²) in [5.41, 5.74) is 7.14. The van der Waals surface area contributed by atoms with Crippen molar-refractivity contribution in [1.29, 1.82) is 0 Å². The van der Waals surface area contributed by atoms with E-state index in [2.05, 4.69) is 51.7 Å². The number of hydrogen-bond donors (Lipinski definition) is 0. The number of pyridine rings is 1. The summed E-state index contributed by atoms with van der Waals surface area (Å²) in [6.45, 7) is 6.44. The standard InChI is InChI=1S/C27H33N3O/c1-19-7-8-23-22(16-19)27-24-6-3-14-29(24)15-11-25(27)30(23)17-26(21-9-12-28-13-10-21)31-18-20-4-2-5-20/h7-10,12-13,16,20,24,26H,2-6,11,14-15,17-18H2,1H3/t24-,26?/m1/s1. The molecule has 162 valence electrons. The van der Waals surface area contributed by atoms with Gasteiger partial charge in [-0.15, -0.1) is 0 Å². The lowest BCUT2D eigenvalue weighted by atomic mass is 9.86. The van der Waals surface area contributed by atoms with Gasteiger partial charge in [-0.3, -0.25) is 9.88 Å². The molecule has 1 saturated carbocycles. The van der Waals surface area contributed by atoms with E-state index in [0.29, 0.717) is 6.04 Å². The monoisotopic (exact) mass is 415 g/mol. The molecule has 1 saturated heterocycles. The predicted octanol–water partition coefficient (Wildman–Crippen LogP) is 5.60. The Kier molecular flexibility index (Phi) is 5.08. The van der Waals surface area contributed by atoms with E-state index in [1.165, 1.54) is 67.2 Å². The maximum absolute atomic E-state index is 6.60. The van der Waals surface area contributed by atoms with Crippen LogP contribution in [0.5, 0.6) is 0 Å². The summed E-state index contributed by atoms with van der Waals surface area (Å²) >= 11 is 0. The topological polar surface area (TPSA) is 30.3 Å². The van der Waals surface area contributed by atoms with Gasteiger partial charge >= 0.3 is 0 Å². The van der Waals surface area contributed by atoms with Crippen molar-refractivity contribution >= 4 is 10.9 Å². The second-order valence-corrected chi connectivity index (χ2v) is 9.84. The van der Waals surface area contributed by atoms with Gasteiger partial charge in [0.05, 0.1) is 13.2 Å². The number of aromatic nitrogens is 2. The van der Waals surface area contributed by atoms with Crippen molar-refractivity contribution in [3.63, 3.8) is 0 Å². The molecule has 0 N–H and O–H groups in total. The van der Waals surface area contributed by atoms with E-state index in [1.807, 2.05) is 12.4 Å². The number of rotatable bonds is 6. The summed E-state index contributed by atoms with van der Waals surface area (Å²) in [6.07, 6.45) is 11.6. The summed E-state index contributed by atoms with van der Waals surface area (Å²) in [6, 6.07) is 11.9. The SMILES string of the molecule is Cc1ccc2c(c1)c1c(n2CC(OCC2CCC2)c2ccncc2)CCN2CCC[C@H]12. The zero-order valence-electron chi connectivity index (χ0n) is 18.6. The summed E-state index contributed by atoms with van der Waals surface area (Å²) in [4.78, 5) is 6.96. The first-order valence-corrected chi connectivity index (χ1v) is 12.1. The fraction of sp³-hybridized carbons (Fsp3) is 0.519. The number of ether oxygens (including phenoxy) is 1. The van der Waals surface area contributed by atoms with Crippen LogP contribution in [0.2, 0.25) is 0 Å². The highest BCUT2D eigenvalue weighted by Gasteiger charge is 2.35. The van der Waals surface area contributed by atoms with Gasteiger partial charge in [-0.25, -0.2) is 0 Å². The largest absolute Gasteiger partial charge is 0.371 e. The first kappa shape index (κ1) is 19.5. The van der Waals surface area contributed by atoms with Gasteiger partial charge in [0.1, 0.15) is 6.10 Å². The Hall–Kier alpha value is -2.17. The lowest BCUT2D eigenvalue weighted by Crippen LogP contribution is -2.32. The third-order valence-corrected chi connectivity index (χ3v) is 7.89. The molecule has 4 nitrogen and oxygen atoms in total. The van der Waals surface area contributed by atoms with Crippen LogP contribution in [0.4, 0.5) is 0 Å². The van der Waals surface area contributed by atoms with Crippen LogP contribution in [0.3, 0.4) is 0 Å². The van der Waals surface area contributed by atoms with E-state index >= 15 is 0 Å². The molecular formula is C27H33N3O. The molecule has 2 fully saturated rings. The molecule has 1 aliphatic carbocycles. The number of benzene rings is 1. The minimum absolute atomic E-state index is 0.0752. The first-order chi connectivity index (χ1) is 15.3. The third-order valence-electron chi connectivity index (χ3n) is 7.89. The number of nitrogens with zero attached hydrogens (tertiary/aromatic N) is 3. The highest BCUT2D eigenvalue weighted by Crippen LogP contribution is 2.44. The van der Waals surface area contributed by atoms with Crippen LogP contribution in [0.1, 0.15) is 66.6 Å². The van der Waals surface area contributed by atoms with Gasteiger partial charge in [0.15, 0.2) is 0 Å². The highest BCUT2D eigenvalue weighted by atomic mass is 16.5. The van der Waals surface area contributed by atoms with Crippen molar-refractivity contribution in [2.45, 2.75) is 64.1 Å². The van der Waals surface area contributed by atoms with E-state index < -0.39 is 0 Å². The molecule has 0 radical (unpaired) electrons. The van der Waals surface area contributed by atoms with Crippen LogP contribution in [0.25, 0.3) is 10.9 Å².